The summed E-state index contributed by atoms with van der Waals surface area (Å²) >= 11 is 0. The summed E-state index contributed by atoms with van der Waals surface area (Å²) in [6, 6.07) is 57.3. The Morgan fingerprint density at radius 3 is 1.79 bits per heavy atom. The molecule has 68 heavy (non-hydrogen) atoms. The number of hydrogen-bond acceptors (Lipinski definition) is 2. The maximum Gasteiger partial charge on any atom is 0.198 e. The molecule has 1 aliphatic heterocycles. The molecule has 3 nitrogen and oxygen atoms in total. The van der Waals surface area contributed by atoms with Crippen LogP contribution in [0, 0.1) is 0 Å². The van der Waals surface area contributed by atoms with Gasteiger partial charge in [-0.3, -0.25) is 0 Å². The molecular weight excluding hydrogens is 824 g/mol. The zero-order valence-corrected chi connectivity index (χ0v) is 40.8. The largest absolute Gasteiger partial charge is 0.456 e. The smallest absolute Gasteiger partial charge is 0.198 e. The van der Waals surface area contributed by atoms with E-state index in [4.69, 9.17) is 4.42 Å². The van der Waals surface area contributed by atoms with Crippen molar-refractivity contribution in [2.45, 2.75) is 103 Å². The van der Waals surface area contributed by atoms with Crippen LogP contribution in [0.1, 0.15) is 103 Å². The van der Waals surface area contributed by atoms with E-state index in [2.05, 4.69) is 217 Å². The number of aromatic nitrogens is 1. The Balaban J connectivity index is 1.14. The van der Waals surface area contributed by atoms with Crippen LogP contribution in [-0.4, -0.2) is 11.8 Å². The number of fused-ring (bicyclic) bond motifs is 9. The van der Waals surface area contributed by atoms with Crippen LogP contribution in [0.4, 0.5) is 11.4 Å². The number of benzene rings is 8. The van der Waals surface area contributed by atoms with Gasteiger partial charge in [-0.25, -0.2) is 0 Å². The van der Waals surface area contributed by atoms with Crippen molar-refractivity contribution in [3.8, 4) is 39.3 Å². The van der Waals surface area contributed by atoms with Gasteiger partial charge in [-0.1, -0.05) is 158 Å². The molecule has 1 N–H and O–H groups in total. The van der Waals surface area contributed by atoms with Crippen molar-refractivity contribution in [1.82, 2.24) is 4.57 Å². The normalized spacial score (nSPS) is 17.2. The summed E-state index contributed by atoms with van der Waals surface area (Å²) < 4.78 is 9.34. The van der Waals surface area contributed by atoms with Crippen molar-refractivity contribution < 1.29 is 4.42 Å². The van der Waals surface area contributed by atoms with Gasteiger partial charge in [-0.2, -0.15) is 0 Å². The van der Waals surface area contributed by atoms with Crippen LogP contribution < -0.4 is 16.2 Å². The minimum atomic E-state index is 0.0219. The first kappa shape index (κ1) is 41.4. The van der Waals surface area contributed by atoms with E-state index in [0.717, 1.165) is 48.1 Å². The average Bonchev–Trinajstić information content (AvgIpc) is 3.91. The van der Waals surface area contributed by atoms with E-state index in [1.807, 2.05) is 0 Å². The fourth-order valence-electron chi connectivity index (χ4n) is 12.6. The number of anilines is 2. The van der Waals surface area contributed by atoms with Crippen molar-refractivity contribution >= 4 is 73.1 Å². The van der Waals surface area contributed by atoms with Gasteiger partial charge in [0.25, 0.3) is 0 Å². The van der Waals surface area contributed by atoms with Gasteiger partial charge in [0.1, 0.15) is 11.3 Å². The first-order chi connectivity index (χ1) is 32.6. The summed E-state index contributed by atoms with van der Waals surface area (Å²) in [4.78, 5) is 0. The lowest BCUT2D eigenvalue weighted by Gasteiger charge is -2.43. The topological polar surface area (TPSA) is 30.1 Å². The highest BCUT2D eigenvalue weighted by Gasteiger charge is 2.40. The monoisotopic (exact) mass is 882 g/mol. The summed E-state index contributed by atoms with van der Waals surface area (Å²) in [5, 5.41) is 10.4. The minimum absolute atomic E-state index is 0.0219. The summed E-state index contributed by atoms with van der Waals surface area (Å²) in [5.41, 5.74) is 21.9. The molecule has 8 aromatic carbocycles. The summed E-state index contributed by atoms with van der Waals surface area (Å²) in [7, 11) is 0.793. The number of nitrogens with one attached hydrogen (secondary N) is 1. The van der Waals surface area contributed by atoms with Crippen LogP contribution in [0.15, 0.2) is 156 Å². The molecular formula is C64H59BN2O. The molecule has 10 aromatic rings. The summed E-state index contributed by atoms with van der Waals surface area (Å²) in [6.45, 7) is 19.6. The van der Waals surface area contributed by atoms with E-state index in [0.29, 0.717) is 0 Å². The maximum absolute atomic E-state index is 6.75. The molecule has 2 aromatic heterocycles. The van der Waals surface area contributed by atoms with Gasteiger partial charge in [-0.15, -0.1) is 0 Å². The Morgan fingerprint density at radius 1 is 0.500 bits per heavy atom. The zero-order chi connectivity index (χ0) is 46.5. The highest BCUT2D eigenvalue weighted by atomic mass is 16.3. The Kier molecular flexibility index (Phi) is 8.75. The molecule has 0 atom stereocenters. The predicted octanol–water partition coefficient (Wildman–Crippen LogP) is 15.8. The third-order valence-electron chi connectivity index (χ3n) is 16.9. The Bertz CT molecular complexity index is 3730. The van der Waals surface area contributed by atoms with E-state index in [1.54, 1.807) is 0 Å². The molecule has 0 saturated carbocycles. The summed E-state index contributed by atoms with van der Waals surface area (Å²) in [5.74, 6) is 0.894. The number of hydrogen-bond donors (Lipinski definition) is 1. The number of furan rings is 1. The van der Waals surface area contributed by atoms with Crippen LogP contribution in [0.5, 0.6) is 0 Å². The zero-order valence-electron chi connectivity index (χ0n) is 40.8. The summed E-state index contributed by atoms with van der Waals surface area (Å²) in [6.07, 6.45) is 4.68. The van der Waals surface area contributed by atoms with E-state index in [-0.39, 0.29) is 21.7 Å². The van der Waals surface area contributed by atoms with Gasteiger partial charge in [0, 0.05) is 55.9 Å². The van der Waals surface area contributed by atoms with Gasteiger partial charge in [0.15, 0.2) is 7.28 Å². The molecule has 13 rings (SSSR count). The highest BCUT2D eigenvalue weighted by Crippen LogP contribution is 2.52. The maximum atomic E-state index is 6.75. The highest BCUT2D eigenvalue weighted by molar-refractivity contribution is 6.74. The lowest BCUT2D eigenvalue weighted by Crippen LogP contribution is -2.37. The fraction of sp³-hybridized carbons (Fsp3) is 0.250. The van der Waals surface area contributed by atoms with E-state index >= 15 is 0 Å². The van der Waals surface area contributed by atoms with Gasteiger partial charge in [-0.05, 0) is 151 Å². The third kappa shape index (κ3) is 6.25. The quantitative estimate of drug-likeness (QED) is 0.175. The standard InChI is InChI=1S/C64H59BN2O/c1-61(2)25-26-62(3,4)49-33-43(23-24-48(49)61)66-53-36-51-50(63(5,6)27-28-64(51,7)8)35-45(53)46-34-44(38-17-11-9-12-18-38)58-47-29-40-21-15-16-22-41(40)31-54(47)67-55-37-57-42(30-52(55)65-59(46)60(58)67)32-56(68-57)39-19-13-10-14-20-39/h9-24,29-37,65-66H,25-28H2,1-8H3. The van der Waals surface area contributed by atoms with Crippen LogP contribution in [-0.2, 0) is 21.7 Å². The molecule has 0 amide bonds. The second-order valence-electron chi connectivity index (χ2n) is 23.1. The Labute approximate surface area is 401 Å². The second-order valence-corrected chi connectivity index (χ2v) is 23.1. The molecule has 4 heteroatoms. The van der Waals surface area contributed by atoms with Gasteiger partial charge in [0.2, 0.25) is 0 Å². The molecule has 3 heterocycles. The molecule has 0 unspecified atom stereocenters. The third-order valence-corrected chi connectivity index (χ3v) is 16.9. The lowest BCUT2D eigenvalue weighted by molar-refractivity contribution is 0.332. The second kappa shape index (κ2) is 14.4. The molecule has 0 bridgehead atoms. The Morgan fingerprint density at radius 2 is 1.10 bits per heavy atom. The van der Waals surface area contributed by atoms with Gasteiger partial charge >= 0.3 is 0 Å². The van der Waals surface area contributed by atoms with Gasteiger partial charge in [0.05, 0.1) is 5.52 Å². The first-order valence-corrected chi connectivity index (χ1v) is 25.0. The van der Waals surface area contributed by atoms with E-state index in [1.165, 1.54) is 112 Å². The van der Waals surface area contributed by atoms with Crippen LogP contribution in [0.25, 0.3) is 82.8 Å². The van der Waals surface area contributed by atoms with Crippen LogP contribution in [0.3, 0.4) is 0 Å². The molecule has 3 aliphatic rings. The number of rotatable bonds is 5. The minimum Gasteiger partial charge on any atom is -0.456 e. The van der Waals surface area contributed by atoms with Crippen molar-refractivity contribution in [3.05, 3.63) is 174 Å². The first-order valence-electron chi connectivity index (χ1n) is 25.0. The van der Waals surface area contributed by atoms with Crippen LogP contribution in [0.2, 0.25) is 0 Å². The fourth-order valence-corrected chi connectivity index (χ4v) is 12.6. The van der Waals surface area contributed by atoms with Crippen molar-refractivity contribution in [3.63, 3.8) is 0 Å². The average molecular weight is 883 g/mol. The van der Waals surface area contributed by atoms with Crippen molar-refractivity contribution in [2.75, 3.05) is 5.32 Å². The Hall–Kier alpha value is -6.78. The molecule has 0 spiro atoms. The molecule has 0 fully saturated rings. The SMILES string of the molecule is CC1(C)CCC(C)(C)c2cc(Nc3cc4c(cc3-c3cc(-c5ccccc5)c5c6cc7ccccc7cc6n6c5c3Bc3cc5cc(-c7ccccc7)oc5cc3-6)C(C)(C)CCC4(C)C)ccc21. The van der Waals surface area contributed by atoms with E-state index in [9.17, 15) is 0 Å². The predicted molar refractivity (Wildman–Crippen MR) is 291 cm³/mol. The number of nitrogens with zero attached hydrogens (tertiary/aromatic N) is 1. The van der Waals surface area contributed by atoms with Crippen molar-refractivity contribution in [2.24, 2.45) is 0 Å². The molecule has 0 radical (unpaired) electrons. The van der Waals surface area contributed by atoms with E-state index < -0.39 is 0 Å². The molecule has 2 aliphatic carbocycles. The molecule has 0 saturated heterocycles. The lowest BCUT2D eigenvalue weighted by atomic mass is 9.58. The van der Waals surface area contributed by atoms with Gasteiger partial charge < -0.3 is 14.3 Å². The van der Waals surface area contributed by atoms with Crippen LogP contribution >= 0.6 is 0 Å². The van der Waals surface area contributed by atoms with Crippen molar-refractivity contribution in [1.29, 1.82) is 0 Å². The molecule has 334 valence electrons.